The monoisotopic (exact) mass is 521 g/mol. The molecular weight excluding hydrogens is 482 g/mol. The van der Waals surface area contributed by atoms with Crippen molar-refractivity contribution in [2.45, 2.75) is 76.0 Å². The van der Waals surface area contributed by atoms with Crippen LogP contribution in [0.3, 0.4) is 0 Å². The van der Waals surface area contributed by atoms with Gasteiger partial charge in [0.2, 0.25) is 0 Å². The largest absolute Gasteiger partial charge is 0.481 e. The number of nitrogens with zero attached hydrogens (tertiary/aromatic N) is 3. The smallest absolute Gasteiger partial charge is 0.311 e. The van der Waals surface area contributed by atoms with E-state index in [9.17, 15) is 9.90 Å². The van der Waals surface area contributed by atoms with Crippen LogP contribution in [0.1, 0.15) is 67.9 Å². The van der Waals surface area contributed by atoms with Crippen LogP contribution in [0.4, 0.5) is 5.69 Å². The molecule has 1 aromatic heterocycles. The summed E-state index contributed by atoms with van der Waals surface area (Å²) in [6, 6.07) is 14.8. The number of fused-ring (bicyclic) bond motifs is 3. The number of methoxy groups -OCH3 is 2. The zero-order chi connectivity index (χ0) is 27.2. The third-order valence-electron chi connectivity index (χ3n) is 8.15. The lowest BCUT2D eigenvalue weighted by atomic mass is 9.91. The van der Waals surface area contributed by atoms with Gasteiger partial charge in [0.15, 0.2) is 0 Å². The molecule has 3 aromatic rings. The number of hydrogen-bond acceptors (Lipinski definition) is 6. The van der Waals surface area contributed by atoms with Gasteiger partial charge in [-0.25, -0.2) is 4.98 Å². The van der Waals surface area contributed by atoms with E-state index in [2.05, 4.69) is 40.3 Å². The van der Waals surface area contributed by atoms with Crippen molar-refractivity contribution in [3.63, 3.8) is 0 Å². The lowest BCUT2D eigenvalue weighted by Gasteiger charge is -2.34. The molecule has 2 aliphatic rings. The zero-order valence-electron chi connectivity index (χ0n) is 22.8. The number of ether oxygens (including phenoxy) is 2. The number of hydrogen-bond donors (Lipinski definition) is 1. The Labute approximate surface area is 224 Å². The van der Waals surface area contributed by atoms with Crippen LogP contribution in [-0.4, -0.2) is 60.5 Å². The maximum Gasteiger partial charge on any atom is 0.311 e. The van der Waals surface area contributed by atoms with Crippen LogP contribution in [0.25, 0.3) is 11.0 Å². The Kier molecular flexibility index (Phi) is 9.05. The third kappa shape index (κ3) is 5.70. The fourth-order valence-electron chi connectivity index (χ4n) is 5.95. The number of carboxylic acid groups (broad SMARTS) is 1. The van der Waals surface area contributed by atoms with Crippen molar-refractivity contribution in [3.8, 4) is 0 Å². The Bertz CT molecular complexity index is 1240. The van der Waals surface area contributed by atoms with Crippen LogP contribution < -0.4 is 4.90 Å². The molecular formula is C30H39N3O5. The van der Waals surface area contributed by atoms with Gasteiger partial charge in [-0.05, 0) is 63.1 Å². The van der Waals surface area contributed by atoms with E-state index < -0.39 is 11.9 Å². The number of carbonyl (C=O) groups is 2. The van der Waals surface area contributed by atoms with Gasteiger partial charge in [0.05, 0.1) is 30.2 Å². The summed E-state index contributed by atoms with van der Waals surface area (Å²) in [5.74, 6) is -0.557. The number of rotatable bonds is 7. The lowest BCUT2D eigenvalue weighted by molar-refractivity contribution is -0.138. The summed E-state index contributed by atoms with van der Waals surface area (Å²) in [6.45, 7) is 2.64. The van der Waals surface area contributed by atoms with Gasteiger partial charge < -0.3 is 24.0 Å². The van der Waals surface area contributed by atoms with Gasteiger partial charge in [-0.3, -0.25) is 9.59 Å². The molecule has 2 heterocycles. The highest BCUT2D eigenvalue weighted by atomic mass is 16.5. The number of anilines is 1. The first-order valence-corrected chi connectivity index (χ1v) is 13.4. The second-order valence-corrected chi connectivity index (χ2v) is 10.3. The number of benzene rings is 2. The molecule has 0 spiro atoms. The molecule has 2 aromatic carbocycles. The van der Waals surface area contributed by atoms with E-state index in [0.29, 0.717) is 18.9 Å². The van der Waals surface area contributed by atoms with Crippen LogP contribution in [0.2, 0.25) is 0 Å². The van der Waals surface area contributed by atoms with Crippen LogP contribution >= 0.6 is 0 Å². The minimum atomic E-state index is -0.807. The van der Waals surface area contributed by atoms with Gasteiger partial charge in [0, 0.05) is 43.9 Å². The van der Waals surface area contributed by atoms with E-state index in [1.807, 2.05) is 30.3 Å². The van der Waals surface area contributed by atoms with Crippen molar-refractivity contribution in [2.24, 2.45) is 0 Å². The summed E-state index contributed by atoms with van der Waals surface area (Å²) in [4.78, 5) is 28.8. The maximum absolute atomic E-state index is 12.4. The summed E-state index contributed by atoms with van der Waals surface area (Å²) in [5.41, 5.74) is 5.55. The minimum absolute atomic E-state index is 0.234. The molecule has 0 bridgehead atoms. The Balaban J connectivity index is 0.000000786. The van der Waals surface area contributed by atoms with Crippen LogP contribution in [0.5, 0.6) is 0 Å². The van der Waals surface area contributed by atoms with Crippen molar-refractivity contribution in [1.29, 1.82) is 0 Å². The number of carboxylic acids is 1. The molecule has 8 nitrogen and oxygen atoms in total. The predicted molar refractivity (Wildman–Crippen MR) is 148 cm³/mol. The van der Waals surface area contributed by atoms with Crippen molar-refractivity contribution in [1.82, 2.24) is 9.55 Å². The lowest BCUT2D eigenvalue weighted by Crippen LogP contribution is -2.33. The Hall–Kier alpha value is -3.39. The highest BCUT2D eigenvalue weighted by Gasteiger charge is 2.31. The summed E-state index contributed by atoms with van der Waals surface area (Å²) >= 11 is 0. The SMILES string of the molecule is COC1CCCC(n2c(CC(C(=O)O)c3ccccc3)nc3c4c(ccc32)N(C)C(C)CC4)C1.COC=O. The molecule has 38 heavy (non-hydrogen) atoms. The highest BCUT2D eigenvalue weighted by molar-refractivity contribution is 5.86. The first kappa shape index (κ1) is 27.6. The zero-order valence-corrected chi connectivity index (χ0v) is 22.8. The summed E-state index contributed by atoms with van der Waals surface area (Å²) in [5, 5.41) is 10.1. The van der Waals surface area contributed by atoms with Gasteiger partial charge in [-0.2, -0.15) is 0 Å². The Morgan fingerprint density at radius 2 is 1.89 bits per heavy atom. The molecule has 1 saturated carbocycles. The minimum Gasteiger partial charge on any atom is -0.481 e. The number of aromatic nitrogens is 2. The topological polar surface area (TPSA) is 93.9 Å². The van der Waals surface area contributed by atoms with E-state index >= 15 is 0 Å². The van der Waals surface area contributed by atoms with Gasteiger partial charge in [-0.1, -0.05) is 30.3 Å². The maximum atomic E-state index is 12.4. The predicted octanol–water partition coefficient (Wildman–Crippen LogP) is 5.14. The number of imidazole rings is 1. The van der Waals surface area contributed by atoms with Gasteiger partial charge in [0.1, 0.15) is 5.82 Å². The molecule has 1 N–H and O–H groups in total. The normalized spacial score (nSPS) is 21.7. The van der Waals surface area contributed by atoms with Crippen molar-refractivity contribution in [2.75, 3.05) is 26.2 Å². The molecule has 1 fully saturated rings. The molecule has 0 saturated heterocycles. The standard InChI is InChI=1S/C28H35N3O3.C2H4O2/c1-18-12-13-22-24(30(18)2)14-15-25-27(22)29-26(31(25)20-10-7-11-21(16-20)34-3)17-23(28(32)33)19-8-5-4-6-9-19;1-4-2-3/h4-6,8-9,14-15,18,20-21,23H,7,10-13,16-17H2,1-3H3,(H,32,33);2H,1H3. The summed E-state index contributed by atoms with van der Waals surface area (Å²) < 4.78 is 12.0. The van der Waals surface area contributed by atoms with Gasteiger partial charge in [-0.15, -0.1) is 0 Å². The highest BCUT2D eigenvalue weighted by Crippen LogP contribution is 2.40. The number of carbonyl (C=O) groups excluding carboxylic acids is 1. The fourth-order valence-corrected chi connectivity index (χ4v) is 5.95. The fraction of sp³-hybridized carbons (Fsp3) is 0.500. The van der Waals surface area contributed by atoms with Crippen LogP contribution in [0, 0.1) is 0 Å². The molecule has 1 aliphatic heterocycles. The quantitative estimate of drug-likeness (QED) is 0.431. The molecule has 8 heteroatoms. The van der Waals surface area contributed by atoms with Crippen molar-refractivity contribution >= 4 is 29.2 Å². The molecule has 204 valence electrons. The molecule has 0 amide bonds. The van der Waals surface area contributed by atoms with Crippen molar-refractivity contribution in [3.05, 3.63) is 59.4 Å². The average Bonchev–Trinajstić information content (AvgIpc) is 3.32. The molecule has 5 rings (SSSR count). The average molecular weight is 522 g/mol. The van der Waals surface area contributed by atoms with E-state index in [1.54, 1.807) is 7.11 Å². The second-order valence-electron chi connectivity index (χ2n) is 10.3. The first-order valence-electron chi connectivity index (χ1n) is 13.4. The van der Waals surface area contributed by atoms with E-state index in [0.717, 1.165) is 60.9 Å². The number of aliphatic carboxylic acids is 1. The molecule has 1 aliphatic carbocycles. The summed E-state index contributed by atoms with van der Waals surface area (Å²) in [6.07, 6.45) is 6.90. The van der Waals surface area contributed by atoms with Gasteiger partial charge >= 0.3 is 5.97 Å². The van der Waals surface area contributed by atoms with Crippen LogP contribution in [-0.2, 0) is 31.9 Å². The molecule has 4 unspecified atom stereocenters. The summed E-state index contributed by atoms with van der Waals surface area (Å²) in [7, 11) is 5.27. The Morgan fingerprint density at radius 1 is 1.16 bits per heavy atom. The number of aryl methyl sites for hydroxylation is 1. The molecule has 0 radical (unpaired) electrons. The van der Waals surface area contributed by atoms with E-state index in [4.69, 9.17) is 14.5 Å². The molecule has 4 atom stereocenters. The van der Waals surface area contributed by atoms with Crippen molar-refractivity contribution < 1.29 is 24.2 Å². The second kappa shape index (κ2) is 12.4. The van der Waals surface area contributed by atoms with Gasteiger partial charge in [0.25, 0.3) is 6.47 Å². The van der Waals surface area contributed by atoms with Crippen LogP contribution in [0.15, 0.2) is 42.5 Å². The Morgan fingerprint density at radius 3 is 2.55 bits per heavy atom. The van der Waals surface area contributed by atoms with E-state index in [-0.39, 0.29) is 12.1 Å². The van der Waals surface area contributed by atoms with E-state index in [1.165, 1.54) is 18.4 Å². The first-order chi connectivity index (χ1) is 18.4. The third-order valence-corrected chi connectivity index (χ3v) is 8.15.